The normalized spacial score (nSPS) is 26.3. The zero-order valence-corrected chi connectivity index (χ0v) is 16.6. The van der Waals surface area contributed by atoms with E-state index >= 15 is 0 Å². The number of hydrogen-bond donors (Lipinski definition) is 0. The molecule has 5 nitrogen and oxygen atoms in total. The van der Waals surface area contributed by atoms with E-state index in [0.29, 0.717) is 18.3 Å². The average Bonchev–Trinajstić information content (AvgIpc) is 2.77. The average molecular weight is 360 g/mol. The summed E-state index contributed by atoms with van der Waals surface area (Å²) in [6, 6.07) is 6.23. The molecule has 1 aromatic carbocycles. The third-order valence-corrected chi connectivity index (χ3v) is 6.15. The van der Waals surface area contributed by atoms with E-state index in [4.69, 9.17) is 18.8 Å². The fourth-order valence-corrected chi connectivity index (χ4v) is 3.65. The quantitative estimate of drug-likeness (QED) is 0.597. The number of methoxy groups -OCH3 is 2. The molecule has 0 bridgehead atoms. The smallest absolute Gasteiger partial charge is 0.497 e. The molecule has 0 atom stereocenters. The lowest BCUT2D eigenvalue weighted by atomic mass is 9.68. The maximum atomic E-state index is 11.4. The molecule has 142 valence electrons. The molecular formula is C20H29BO5. The molecule has 0 unspecified atom stereocenters. The van der Waals surface area contributed by atoms with Gasteiger partial charge in [-0.25, -0.2) is 0 Å². The van der Waals surface area contributed by atoms with Crippen LogP contribution < -0.4 is 10.2 Å². The number of carbonyl (C=O) groups excluding carboxylic acids is 1. The Morgan fingerprint density at radius 2 is 1.77 bits per heavy atom. The number of esters is 1. The van der Waals surface area contributed by atoms with Crippen molar-refractivity contribution >= 4 is 18.6 Å². The van der Waals surface area contributed by atoms with Gasteiger partial charge in [-0.1, -0.05) is 12.1 Å². The summed E-state index contributed by atoms with van der Waals surface area (Å²) in [4.78, 5) is 11.4. The molecule has 1 heterocycles. The van der Waals surface area contributed by atoms with E-state index in [1.165, 1.54) is 12.7 Å². The van der Waals surface area contributed by atoms with Crippen molar-refractivity contribution in [1.82, 2.24) is 0 Å². The molecule has 26 heavy (non-hydrogen) atoms. The second-order valence-corrected chi connectivity index (χ2v) is 8.40. The van der Waals surface area contributed by atoms with Crippen LogP contribution in [-0.2, 0) is 18.8 Å². The highest BCUT2D eigenvalue weighted by molar-refractivity contribution is 6.63. The zero-order valence-electron chi connectivity index (χ0n) is 16.6. The molecule has 1 saturated heterocycles. The number of hydrogen-bond acceptors (Lipinski definition) is 5. The molecule has 0 N–H and O–H groups in total. The van der Waals surface area contributed by atoms with Gasteiger partial charge in [0.1, 0.15) is 5.75 Å². The Labute approximate surface area is 156 Å². The molecule has 1 aliphatic carbocycles. The van der Waals surface area contributed by atoms with Gasteiger partial charge >= 0.3 is 13.1 Å². The van der Waals surface area contributed by atoms with Crippen molar-refractivity contribution in [2.75, 3.05) is 14.2 Å². The van der Waals surface area contributed by atoms with Crippen LogP contribution in [0.15, 0.2) is 18.2 Å². The number of benzene rings is 1. The van der Waals surface area contributed by atoms with E-state index in [9.17, 15) is 4.79 Å². The Kier molecular flexibility index (Phi) is 5.10. The summed E-state index contributed by atoms with van der Waals surface area (Å²) in [6.45, 7) is 8.19. The van der Waals surface area contributed by atoms with Gasteiger partial charge in [-0.2, -0.15) is 0 Å². The lowest BCUT2D eigenvalue weighted by Crippen LogP contribution is -2.41. The first-order valence-electron chi connectivity index (χ1n) is 9.27. The summed E-state index contributed by atoms with van der Waals surface area (Å²) in [7, 11) is 2.67. The van der Waals surface area contributed by atoms with Crippen molar-refractivity contribution in [2.24, 2.45) is 5.92 Å². The minimum atomic E-state index is -0.444. The lowest BCUT2D eigenvalue weighted by molar-refractivity contribution is -0.142. The molecule has 0 radical (unpaired) electrons. The van der Waals surface area contributed by atoms with Crippen LogP contribution in [-0.4, -0.2) is 38.5 Å². The van der Waals surface area contributed by atoms with E-state index in [-0.39, 0.29) is 17.2 Å². The summed E-state index contributed by atoms with van der Waals surface area (Å²) in [5.41, 5.74) is 1.40. The molecule has 0 aromatic heterocycles. The van der Waals surface area contributed by atoms with Crippen LogP contribution in [0.2, 0.25) is 0 Å². The largest absolute Gasteiger partial charge is 0.498 e. The van der Waals surface area contributed by atoms with Crippen molar-refractivity contribution in [1.29, 1.82) is 0 Å². The molecule has 0 amide bonds. The van der Waals surface area contributed by atoms with Crippen LogP contribution >= 0.6 is 0 Å². The summed E-state index contributed by atoms with van der Waals surface area (Å²) < 4.78 is 22.7. The lowest BCUT2D eigenvalue weighted by Gasteiger charge is -2.35. The van der Waals surface area contributed by atoms with Gasteiger partial charge in [0, 0.05) is 11.9 Å². The van der Waals surface area contributed by atoms with Gasteiger partial charge in [0.15, 0.2) is 0 Å². The first kappa shape index (κ1) is 19.2. The van der Waals surface area contributed by atoms with Crippen molar-refractivity contribution < 1.29 is 23.6 Å². The van der Waals surface area contributed by atoms with E-state index in [2.05, 4.69) is 12.1 Å². The van der Waals surface area contributed by atoms with Gasteiger partial charge < -0.3 is 18.8 Å². The molecular weight excluding hydrogens is 331 g/mol. The summed E-state index contributed by atoms with van der Waals surface area (Å²) >= 11 is 0. The summed E-state index contributed by atoms with van der Waals surface area (Å²) in [5.74, 6) is 1.52. The van der Waals surface area contributed by atoms with Gasteiger partial charge in [-0.3, -0.25) is 4.79 Å². The summed E-state index contributed by atoms with van der Waals surface area (Å²) in [5, 5.41) is 0. The molecule has 2 aliphatic rings. The van der Waals surface area contributed by atoms with Gasteiger partial charge in [0.05, 0.1) is 25.4 Å². The molecule has 1 aliphatic heterocycles. The van der Waals surface area contributed by atoms with Crippen LogP contribution in [0.5, 0.6) is 5.75 Å². The number of rotatable bonds is 5. The van der Waals surface area contributed by atoms with Crippen LogP contribution in [0.4, 0.5) is 0 Å². The maximum absolute atomic E-state index is 11.4. The predicted octanol–water partition coefficient (Wildman–Crippen LogP) is 3.05. The Hall–Kier alpha value is -1.53. The number of ether oxygens (including phenoxy) is 2. The van der Waals surface area contributed by atoms with Gasteiger partial charge in [0.2, 0.25) is 0 Å². The molecule has 1 aromatic rings. The Bertz CT molecular complexity index is 663. The van der Waals surface area contributed by atoms with Crippen molar-refractivity contribution in [2.45, 2.75) is 64.1 Å². The van der Waals surface area contributed by atoms with Crippen molar-refractivity contribution in [3.05, 3.63) is 23.8 Å². The van der Waals surface area contributed by atoms with Crippen LogP contribution in [0, 0.1) is 5.92 Å². The Balaban J connectivity index is 1.76. The highest BCUT2D eigenvalue weighted by Gasteiger charge is 2.52. The molecule has 6 heteroatoms. The third kappa shape index (κ3) is 3.49. The monoisotopic (exact) mass is 360 g/mol. The van der Waals surface area contributed by atoms with E-state index in [1.54, 1.807) is 7.11 Å². The van der Waals surface area contributed by atoms with E-state index < -0.39 is 7.12 Å². The number of carbonyl (C=O) groups is 1. The molecule has 1 saturated carbocycles. The minimum Gasteiger partial charge on any atom is -0.497 e. The zero-order chi connectivity index (χ0) is 19.1. The topological polar surface area (TPSA) is 54.0 Å². The van der Waals surface area contributed by atoms with Crippen LogP contribution in [0.1, 0.15) is 58.4 Å². The van der Waals surface area contributed by atoms with E-state index in [1.807, 2.05) is 33.8 Å². The first-order valence-corrected chi connectivity index (χ1v) is 9.27. The van der Waals surface area contributed by atoms with Crippen molar-refractivity contribution in [3.63, 3.8) is 0 Å². The van der Waals surface area contributed by atoms with Crippen LogP contribution in [0.3, 0.4) is 0 Å². The Morgan fingerprint density at radius 3 is 2.31 bits per heavy atom. The SMILES string of the molecule is COC(=O)C[C@H]1C[C@H](c2ccc(OC)c(B3OC(C)(C)C(C)(C)O3)c2)C1. The maximum Gasteiger partial charge on any atom is 0.498 e. The minimum absolute atomic E-state index is 0.124. The van der Waals surface area contributed by atoms with Crippen molar-refractivity contribution in [3.8, 4) is 5.75 Å². The molecule has 0 spiro atoms. The van der Waals surface area contributed by atoms with Gasteiger partial charge in [-0.05, 0) is 64.0 Å². The second kappa shape index (κ2) is 6.89. The fourth-order valence-electron chi connectivity index (χ4n) is 3.65. The first-order chi connectivity index (χ1) is 12.2. The molecule has 2 fully saturated rings. The van der Waals surface area contributed by atoms with Gasteiger partial charge in [0.25, 0.3) is 0 Å². The third-order valence-electron chi connectivity index (χ3n) is 6.15. The molecule has 3 rings (SSSR count). The highest BCUT2D eigenvalue weighted by atomic mass is 16.7. The predicted molar refractivity (Wildman–Crippen MR) is 101 cm³/mol. The van der Waals surface area contributed by atoms with Gasteiger partial charge in [-0.15, -0.1) is 0 Å². The summed E-state index contributed by atoms with van der Waals surface area (Å²) in [6.07, 6.45) is 2.52. The fraction of sp³-hybridized carbons (Fsp3) is 0.650. The van der Waals surface area contributed by atoms with Crippen LogP contribution in [0.25, 0.3) is 0 Å². The second-order valence-electron chi connectivity index (χ2n) is 8.40. The standard InChI is InChI=1S/C20H29BO5/c1-19(2)20(3,4)26-21(25-19)16-12-14(7-8-17(16)23-5)15-9-13(10-15)11-18(22)24-6/h7-8,12-13,15H,9-11H2,1-6H3/t13-,15-. The Morgan fingerprint density at radius 1 is 1.15 bits per heavy atom. The van der Waals surface area contributed by atoms with E-state index in [0.717, 1.165) is 24.1 Å². The highest BCUT2D eigenvalue weighted by Crippen LogP contribution is 2.44.